The van der Waals surface area contributed by atoms with Gasteiger partial charge < -0.3 is 5.11 Å². The molecule has 0 spiro atoms. The van der Waals surface area contributed by atoms with Gasteiger partial charge in [0.2, 0.25) is 0 Å². The van der Waals surface area contributed by atoms with Crippen LogP contribution in [0.5, 0.6) is 0 Å². The Hall–Kier alpha value is -0.490. The minimum atomic E-state index is -1.06. The second-order valence-corrected chi connectivity index (χ2v) is 4.82. The highest BCUT2D eigenvalue weighted by molar-refractivity contribution is 8.17. The molecule has 74 valence electrons. The van der Waals surface area contributed by atoms with Gasteiger partial charge in [0.05, 0.1) is 0 Å². The van der Waals surface area contributed by atoms with Gasteiger partial charge in [-0.25, -0.2) is 0 Å². The summed E-state index contributed by atoms with van der Waals surface area (Å²) in [6, 6.07) is 0. The van der Waals surface area contributed by atoms with Crippen LogP contribution in [0.2, 0.25) is 0 Å². The van der Waals surface area contributed by atoms with Crippen molar-refractivity contribution in [2.75, 3.05) is 5.75 Å². The van der Waals surface area contributed by atoms with Crippen molar-refractivity contribution in [3.05, 3.63) is 0 Å². The van der Waals surface area contributed by atoms with Crippen LogP contribution in [0.4, 0.5) is 0 Å². The molecule has 0 radical (unpaired) electrons. The van der Waals surface area contributed by atoms with E-state index in [2.05, 4.69) is 0 Å². The number of carbonyl (C=O) groups is 3. The monoisotopic (exact) mass is 222 g/mol. The van der Waals surface area contributed by atoms with Crippen LogP contribution in [0.3, 0.4) is 0 Å². The van der Waals surface area contributed by atoms with Crippen LogP contribution in [-0.2, 0) is 14.4 Å². The number of carboxylic acid groups (broad SMARTS) is 1. The molecule has 0 aromatic heterocycles. The predicted molar refractivity (Wildman–Crippen MR) is 52.8 cm³/mol. The van der Waals surface area contributed by atoms with E-state index in [-0.39, 0.29) is 16.0 Å². The lowest BCUT2D eigenvalue weighted by Crippen LogP contribution is -2.21. The van der Waals surface area contributed by atoms with Gasteiger partial charge in [0.1, 0.15) is 5.25 Å². The standard InChI is InChI=1S/C7H10O4S2/c1-4(8)12-3-6(7(10)11)13-5(2)9/h6H,3H2,1-2H3,(H,10,11)/t6-/m1/s1. The van der Waals surface area contributed by atoms with Crippen molar-refractivity contribution >= 4 is 39.7 Å². The number of hydrogen-bond donors (Lipinski definition) is 1. The largest absolute Gasteiger partial charge is 0.480 e. The van der Waals surface area contributed by atoms with Gasteiger partial charge in [-0.2, -0.15) is 0 Å². The Labute approximate surface area is 84.5 Å². The summed E-state index contributed by atoms with van der Waals surface area (Å²) in [5.41, 5.74) is 0. The molecule has 0 unspecified atom stereocenters. The van der Waals surface area contributed by atoms with Crippen LogP contribution in [0, 0.1) is 0 Å². The summed E-state index contributed by atoms with van der Waals surface area (Å²) in [5.74, 6) is -0.927. The predicted octanol–water partition coefficient (Wildman–Crippen LogP) is 0.999. The lowest BCUT2D eigenvalue weighted by Gasteiger charge is -2.07. The fraction of sp³-hybridized carbons (Fsp3) is 0.571. The molecule has 6 heteroatoms. The maximum atomic E-state index is 10.6. The topological polar surface area (TPSA) is 71.4 Å². The molecule has 0 heterocycles. The Balaban J connectivity index is 4.02. The smallest absolute Gasteiger partial charge is 0.317 e. The van der Waals surface area contributed by atoms with Crippen molar-refractivity contribution in [2.24, 2.45) is 0 Å². The van der Waals surface area contributed by atoms with E-state index in [0.29, 0.717) is 0 Å². The van der Waals surface area contributed by atoms with E-state index in [4.69, 9.17) is 5.11 Å². The maximum absolute atomic E-state index is 10.6. The molecule has 0 saturated carbocycles. The zero-order chi connectivity index (χ0) is 10.4. The summed E-state index contributed by atoms with van der Waals surface area (Å²) in [7, 11) is 0. The Morgan fingerprint density at radius 2 is 1.77 bits per heavy atom. The van der Waals surface area contributed by atoms with E-state index in [0.717, 1.165) is 23.5 Å². The first-order valence-electron chi connectivity index (χ1n) is 3.47. The summed E-state index contributed by atoms with van der Waals surface area (Å²) in [4.78, 5) is 31.7. The molecule has 0 saturated heterocycles. The van der Waals surface area contributed by atoms with Crippen LogP contribution < -0.4 is 0 Å². The molecule has 0 amide bonds. The molecule has 0 fully saturated rings. The summed E-state index contributed by atoms with van der Waals surface area (Å²) in [6.45, 7) is 2.67. The molecule has 13 heavy (non-hydrogen) atoms. The van der Waals surface area contributed by atoms with Gasteiger partial charge in [-0.05, 0) is 0 Å². The molecule has 0 bridgehead atoms. The third-order valence-corrected chi connectivity index (χ3v) is 3.12. The van der Waals surface area contributed by atoms with E-state index in [1.54, 1.807) is 0 Å². The molecule has 4 nitrogen and oxygen atoms in total. The first kappa shape index (κ1) is 12.5. The number of hydrogen-bond acceptors (Lipinski definition) is 5. The summed E-state index contributed by atoms with van der Waals surface area (Å²) in [5, 5.41) is 7.41. The SMILES string of the molecule is CC(=O)SC[C@@H](SC(C)=O)C(=O)O. The highest BCUT2D eigenvalue weighted by Gasteiger charge is 2.20. The number of rotatable bonds is 4. The zero-order valence-electron chi connectivity index (χ0n) is 7.27. The van der Waals surface area contributed by atoms with Crippen molar-refractivity contribution in [3.8, 4) is 0 Å². The molecule has 0 aromatic carbocycles. The minimum absolute atomic E-state index is 0.134. The maximum Gasteiger partial charge on any atom is 0.317 e. The first-order chi connectivity index (χ1) is 5.93. The van der Waals surface area contributed by atoms with Crippen LogP contribution in [0.15, 0.2) is 0 Å². The Morgan fingerprint density at radius 1 is 1.23 bits per heavy atom. The quantitative estimate of drug-likeness (QED) is 0.765. The molecular formula is C7H10O4S2. The Morgan fingerprint density at radius 3 is 2.08 bits per heavy atom. The minimum Gasteiger partial charge on any atom is -0.480 e. The lowest BCUT2D eigenvalue weighted by molar-refractivity contribution is -0.136. The lowest BCUT2D eigenvalue weighted by atomic mass is 10.5. The van der Waals surface area contributed by atoms with Crippen molar-refractivity contribution in [1.29, 1.82) is 0 Å². The van der Waals surface area contributed by atoms with Crippen LogP contribution >= 0.6 is 23.5 Å². The van der Waals surface area contributed by atoms with Crippen molar-refractivity contribution in [2.45, 2.75) is 19.1 Å². The molecule has 0 aromatic rings. The molecule has 0 aliphatic carbocycles. The number of carbonyl (C=O) groups excluding carboxylic acids is 2. The van der Waals surface area contributed by atoms with Gasteiger partial charge in [-0.15, -0.1) is 0 Å². The van der Waals surface area contributed by atoms with E-state index >= 15 is 0 Å². The van der Waals surface area contributed by atoms with Gasteiger partial charge in [-0.1, -0.05) is 23.5 Å². The van der Waals surface area contributed by atoms with Gasteiger partial charge in [0.15, 0.2) is 10.2 Å². The second-order valence-electron chi connectivity index (χ2n) is 2.24. The van der Waals surface area contributed by atoms with Crippen LogP contribution in [0.1, 0.15) is 13.8 Å². The Kier molecular flexibility index (Phi) is 5.81. The number of carboxylic acids is 1. The fourth-order valence-electron chi connectivity index (χ4n) is 0.549. The van der Waals surface area contributed by atoms with Crippen LogP contribution in [0.25, 0.3) is 0 Å². The summed E-state index contributed by atoms with van der Waals surface area (Å²) < 4.78 is 0. The summed E-state index contributed by atoms with van der Waals surface area (Å²) >= 11 is 1.66. The average molecular weight is 222 g/mol. The molecular weight excluding hydrogens is 212 g/mol. The van der Waals surface area contributed by atoms with Gasteiger partial charge >= 0.3 is 5.97 Å². The highest BCUT2D eigenvalue weighted by atomic mass is 32.2. The fourth-order valence-corrected chi connectivity index (χ4v) is 2.06. The first-order valence-corrected chi connectivity index (χ1v) is 5.33. The normalized spacial score (nSPS) is 12.2. The molecule has 0 aliphatic heterocycles. The number of thioether (sulfide) groups is 2. The molecule has 1 N–H and O–H groups in total. The van der Waals surface area contributed by atoms with E-state index in [1.807, 2.05) is 0 Å². The van der Waals surface area contributed by atoms with Gasteiger partial charge in [0.25, 0.3) is 0 Å². The van der Waals surface area contributed by atoms with E-state index in [1.165, 1.54) is 13.8 Å². The van der Waals surface area contributed by atoms with Gasteiger partial charge in [0, 0.05) is 19.6 Å². The van der Waals surface area contributed by atoms with Crippen LogP contribution in [-0.4, -0.2) is 32.3 Å². The number of aliphatic carboxylic acids is 1. The van der Waals surface area contributed by atoms with E-state index in [9.17, 15) is 14.4 Å². The van der Waals surface area contributed by atoms with Crippen molar-refractivity contribution in [3.63, 3.8) is 0 Å². The Bertz CT molecular complexity index is 227. The van der Waals surface area contributed by atoms with E-state index < -0.39 is 11.2 Å². The summed E-state index contributed by atoms with van der Waals surface area (Å²) in [6.07, 6.45) is 0. The molecule has 0 aliphatic rings. The third-order valence-electron chi connectivity index (χ3n) is 1.02. The zero-order valence-corrected chi connectivity index (χ0v) is 8.91. The third kappa shape index (κ3) is 6.65. The van der Waals surface area contributed by atoms with Crippen molar-refractivity contribution in [1.82, 2.24) is 0 Å². The van der Waals surface area contributed by atoms with Gasteiger partial charge in [-0.3, -0.25) is 14.4 Å². The van der Waals surface area contributed by atoms with Crippen molar-refractivity contribution < 1.29 is 19.5 Å². The average Bonchev–Trinajstić information content (AvgIpc) is 1.96. The second kappa shape index (κ2) is 6.04. The highest BCUT2D eigenvalue weighted by Crippen LogP contribution is 2.17. The molecule has 0 rings (SSSR count). The molecule has 1 atom stereocenters.